The zero-order valence-corrected chi connectivity index (χ0v) is 10.5. The summed E-state index contributed by atoms with van der Waals surface area (Å²) in [6.07, 6.45) is 5.73. The molecule has 0 saturated heterocycles. The summed E-state index contributed by atoms with van der Waals surface area (Å²) in [5.74, 6) is 0. The molecule has 3 nitrogen and oxygen atoms in total. The first-order valence-electron chi connectivity index (χ1n) is 5.72. The van der Waals surface area contributed by atoms with Gasteiger partial charge in [-0.25, -0.2) is 0 Å². The van der Waals surface area contributed by atoms with Crippen LogP contribution >= 0.6 is 0 Å². The molecule has 4 N–H and O–H groups in total. The molecule has 0 aromatic heterocycles. The summed E-state index contributed by atoms with van der Waals surface area (Å²) in [6, 6.07) is 0.888. The maximum Gasteiger partial charge on any atom is 0.334 e. The van der Waals surface area contributed by atoms with Gasteiger partial charge in [0.25, 0.3) is 0 Å². The lowest BCUT2D eigenvalue weighted by Crippen LogP contribution is -2.40. The van der Waals surface area contributed by atoms with Crippen LogP contribution in [0.25, 0.3) is 0 Å². The fourth-order valence-electron chi connectivity index (χ4n) is 1.50. The Balaban J connectivity index is 3.49. The van der Waals surface area contributed by atoms with Crippen LogP contribution < -0.4 is 5.73 Å². The van der Waals surface area contributed by atoms with Crippen LogP contribution in [0.4, 0.5) is 0 Å². The summed E-state index contributed by atoms with van der Waals surface area (Å²) < 4.78 is 0. The van der Waals surface area contributed by atoms with Gasteiger partial charge < -0.3 is 15.3 Å². The lowest BCUT2D eigenvalue weighted by molar-refractivity contribution is 0.350. The van der Waals surface area contributed by atoms with E-state index in [0.717, 1.165) is 12.8 Å². The maximum absolute atomic E-state index is 9.51. The van der Waals surface area contributed by atoms with E-state index in [9.17, 15) is 9.59 Å². The first-order chi connectivity index (χ1) is 6.52. The summed E-state index contributed by atoms with van der Waals surface area (Å²) >= 11 is 0. The maximum atomic E-state index is 9.51. The third-order valence-electron chi connectivity index (χ3n) is 2.58. The van der Waals surface area contributed by atoms with Crippen molar-refractivity contribution in [1.82, 2.24) is 0 Å². The molecule has 0 aliphatic heterocycles. The predicted molar refractivity (Wildman–Crippen MR) is 62.2 cm³/mol. The van der Waals surface area contributed by atoms with Gasteiger partial charge in [0.2, 0.25) is 0 Å². The van der Waals surface area contributed by atoms with E-state index in [1.54, 1.807) is 0 Å². The van der Waals surface area contributed by atoms with Crippen molar-refractivity contribution < 1.29 is 9.59 Å². The summed E-state index contributed by atoms with van der Waals surface area (Å²) in [6.45, 7) is 3.99. The highest BCUT2D eigenvalue weighted by atomic mass is 28.4. The van der Waals surface area contributed by atoms with Crippen molar-refractivity contribution in [2.75, 3.05) is 0 Å². The van der Waals surface area contributed by atoms with Crippen LogP contribution in [-0.2, 0) is 0 Å². The van der Waals surface area contributed by atoms with E-state index in [4.69, 9.17) is 5.73 Å². The standard InChI is InChI=1S/C10H25NO2Si/c1-3-5-6-7-8-10(11)9-14(12,13)4-2/h10,12-13H,3-9,11H2,1-2H3. The molecule has 0 aromatic carbocycles. The molecular formula is C10H25NO2Si. The van der Waals surface area contributed by atoms with Crippen LogP contribution in [0, 0.1) is 0 Å². The topological polar surface area (TPSA) is 66.5 Å². The normalized spacial score (nSPS) is 14.4. The zero-order valence-electron chi connectivity index (χ0n) is 9.50. The Morgan fingerprint density at radius 1 is 1.14 bits per heavy atom. The highest BCUT2D eigenvalue weighted by molar-refractivity contribution is 6.64. The molecule has 0 radical (unpaired) electrons. The van der Waals surface area contributed by atoms with Gasteiger partial charge in [0.1, 0.15) is 0 Å². The van der Waals surface area contributed by atoms with Gasteiger partial charge >= 0.3 is 8.56 Å². The molecule has 0 heterocycles. The quantitative estimate of drug-likeness (QED) is 0.430. The first-order valence-corrected chi connectivity index (χ1v) is 8.03. The molecule has 0 aromatic rings. The van der Waals surface area contributed by atoms with Gasteiger partial charge in [-0.1, -0.05) is 39.5 Å². The van der Waals surface area contributed by atoms with E-state index < -0.39 is 8.56 Å². The molecule has 4 heteroatoms. The molecule has 0 aliphatic carbocycles. The van der Waals surface area contributed by atoms with Crippen molar-refractivity contribution in [2.45, 2.75) is 64.1 Å². The van der Waals surface area contributed by atoms with Crippen LogP contribution in [0.5, 0.6) is 0 Å². The van der Waals surface area contributed by atoms with Crippen molar-refractivity contribution in [1.29, 1.82) is 0 Å². The van der Waals surface area contributed by atoms with E-state index in [2.05, 4.69) is 6.92 Å². The third-order valence-corrected chi connectivity index (χ3v) is 4.89. The van der Waals surface area contributed by atoms with Crippen molar-refractivity contribution in [2.24, 2.45) is 5.73 Å². The zero-order chi connectivity index (χ0) is 11.0. The Bertz CT molecular complexity index is 142. The SMILES string of the molecule is CCCCCCC(N)C[Si](O)(O)CC. The highest BCUT2D eigenvalue weighted by Gasteiger charge is 2.28. The van der Waals surface area contributed by atoms with Crippen molar-refractivity contribution >= 4 is 8.56 Å². The lowest BCUT2D eigenvalue weighted by atomic mass is 10.1. The molecule has 1 unspecified atom stereocenters. The third kappa shape index (κ3) is 7.50. The number of rotatable bonds is 8. The molecule has 0 bridgehead atoms. The van der Waals surface area contributed by atoms with Gasteiger partial charge in [-0.2, -0.15) is 0 Å². The summed E-state index contributed by atoms with van der Waals surface area (Å²) in [5.41, 5.74) is 5.83. The van der Waals surface area contributed by atoms with E-state index in [1.807, 2.05) is 6.92 Å². The summed E-state index contributed by atoms with van der Waals surface area (Å²) in [4.78, 5) is 19.0. The Labute approximate surface area is 88.6 Å². The van der Waals surface area contributed by atoms with Crippen LogP contribution in [0.1, 0.15) is 46.0 Å². The van der Waals surface area contributed by atoms with Crippen LogP contribution in [-0.4, -0.2) is 24.2 Å². The minimum Gasteiger partial charge on any atom is -0.411 e. The van der Waals surface area contributed by atoms with E-state index in [0.29, 0.717) is 12.1 Å². The first kappa shape index (κ1) is 14.1. The van der Waals surface area contributed by atoms with Crippen LogP contribution in [0.15, 0.2) is 0 Å². The fourth-order valence-corrected chi connectivity index (χ4v) is 2.83. The number of hydrogen-bond donors (Lipinski definition) is 3. The summed E-state index contributed by atoms with van der Waals surface area (Å²) in [7, 11) is -2.93. The van der Waals surface area contributed by atoms with Gasteiger partial charge in [0.05, 0.1) is 0 Å². The van der Waals surface area contributed by atoms with Gasteiger partial charge in [-0.3, -0.25) is 0 Å². The largest absolute Gasteiger partial charge is 0.411 e. The molecular weight excluding hydrogens is 194 g/mol. The van der Waals surface area contributed by atoms with Crippen molar-refractivity contribution in [3.05, 3.63) is 0 Å². The highest BCUT2D eigenvalue weighted by Crippen LogP contribution is 2.14. The van der Waals surface area contributed by atoms with Gasteiger partial charge in [0, 0.05) is 12.1 Å². The molecule has 0 rings (SSSR count). The van der Waals surface area contributed by atoms with Gasteiger partial charge in [-0.15, -0.1) is 0 Å². The fraction of sp³-hybridized carbons (Fsp3) is 1.00. The Morgan fingerprint density at radius 3 is 2.29 bits per heavy atom. The van der Waals surface area contributed by atoms with Crippen molar-refractivity contribution in [3.8, 4) is 0 Å². The molecule has 0 spiro atoms. The molecule has 0 amide bonds. The minimum atomic E-state index is -2.93. The second-order valence-electron chi connectivity index (χ2n) is 4.15. The Morgan fingerprint density at radius 2 is 1.79 bits per heavy atom. The van der Waals surface area contributed by atoms with Crippen molar-refractivity contribution in [3.63, 3.8) is 0 Å². The van der Waals surface area contributed by atoms with Gasteiger partial charge in [0.15, 0.2) is 0 Å². The predicted octanol–water partition coefficient (Wildman–Crippen LogP) is 1.73. The average Bonchev–Trinajstić information content (AvgIpc) is 2.12. The molecule has 14 heavy (non-hydrogen) atoms. The molecule has 0 aliphatic rings. The number of nitrogens with two attached hydrogens (primary N) is 1. The molecule has 1 atom stereocenters. The number of hydrogen-bond acceptors (Lipinski definition) is 3. The monoisotopic (exact) mass is 219 g/mol. The van der Waals surface area contributed by atoms with Crippen LogP contribution in [0.2, 0.25) is 12.1 Å². The van der Waals surface area contributed by atoms with E-state index in [-0.39, 0.29) is 6.04 Å². The Hall–Kier alpha value is 0.0969. The van der Waals surface area contributed by atoms with Crippen LogP contribution in [0.3, 0.4) is 0 Å². The second-order valence-corrected chi connectivity index (χ2v) is 7.23. The van der Waals surface area contributed by atoms with E-state index in [1.165, 1.54) is 19.3 Å². The molecule has 0 fully saturated rings. The Kier molecular flexibility index (Phi) is 7.45. The second kappa shape index (κ2) is 7.40. The lowest BCUT2D eigenvalue weighted by Gasteiger charge is -2.20. The molecule has 0 saturated carbocycles. The van der Waals surface area contributed by atoms with Gasteiger partial charge in [-0.05, 0) is 12.5 Å². The van der Waals surface area contributed by atoms with E-state index >= 15 is 0 Å². The minimum absolute atomic E-state index is 0.0199. The smallest absolute Gasteiger partial charge is 0.334 e. The average molecular weight is 219 g/mol. The summed E-state index contributed by atoms with van der Waals surface area (Å²) in [5, 5.41) is 0. The molecule has 86 valence electrons. The number of unbranched alkanes of at least 4 members (excludes halogenated alkanes) is 3.